The monoisotopic (exact) mass is 666 g/mol. The van der Waals surface area contributed by atoms with Crippen LogP contribution in [0.15, 0.2) is 70.0 Å². The zero-order valence-electron chi connectivity index (χ0n) is 25.4. The van der Waals surface area contributed by atoms with Crippen molar-refractivity contribution in [2.24, 2.45) is 21.8 Å². The maximum atomic E-state index is 13.5. The van der Waals surface area contributed by atoms with E-state index in [1.807, 2.05) is 11.6 Å². The smallest absolute Gasteiger partial charge is 0.435 e. The summed E-state index contributed by atoms with van der Waals surface area (Å²) in [6, 6.07) is 12.6. The van der Waals surface area contributed by atoms with E-state index < -0.39 is 46.2 Å². The third-order valence-electron chi connectivity index (χ3n) is 6.75. The first-order valence-corrected chi connectivity index (χ1v) is 15.5. The van der Waals surface area contributed by atoms with Gasteiger partial charge in [-0.05, 0) is 69.7 Å². The van der Waals surface area contributed by atoms with Gasteiger partial charge in [0.25, 0.3) is 16.8 Å². The minimum Gasteiger partial charge on any atom is -0.448 e. The van der Waals surface area contributed by atoms with Crippen LogP contribution in [0.3, 0.4) is 0 Å². The second-order valence-electron chi connectivity index (χ2n) is 11.6. The number of nitrogens with zero attached hydrogens (tertiary/aromatic N) is 5. The van der Waals surface area contributed by atoms with E-state index in [4.69, 9.17) is 14.3 Å². The molecular formula is C29H33F3N6O7S. The van der Waals surface area contributed by atoms with Gasteiger partial charge in [-0.25, -0.2) is 22.6 Å². The van der Waals surface area contributed by atoms with Gasteiger partial charge in [-0.15, -0.1) is 0 Å². The second-order valence-corrected chi connectivity index (χ2v) is 13.2. The number of rotatable bonds is 10. The van der Waals surface area contributed by atoms with E-state index in [-0.39, 0.29) is 28.8 Å². The van der Waals surface area contributed by atoms with Crippen LogP contribution < -0.4 is 4.72 Å². The molecule has 1 aliphatic heterocycles. The summed E-state index contributed by atoms with van der Waals surface area (Å²) in [6.07, 6.45) is -5.32. The van der Waals surface area contributed by atoms with Crippen LogP contribution in [0.4, 0.5) is 18.0 Å². The van der Waals surface area contributed by atoms with E-state index in [0.29, 0.717) is 25.1 Å². The highest BCUT2D eigenvalue weighted by molar-refractivity contribution is 7.90. The van der Waals surface area contributed by atoms with Gasteiger partial charge < -0.3 is 14.3 Å². The summed E-state index contributed by atoms with van der Waals surface area (Å²) >= 11 is 0. The van der Waals surface area contributed by atoms with E-state index in [2.05, 4.69) is 15.6 Å². The molecule has 1 aliphatic rings. The highest BCUT2D eigenvalue weighted by Gasteiger charge is 2.35. The Morgan fingerprint density at radius 1 is 1.04 bits per heavy atom. The van der Waals surface area contributed by atoms with E-state index in [9.17, 15) is 31.2 Å². The lowest BCUT2D eigenvalue weighted by Crippen LogP contribution is -2.32. The number of hydrogen-bond acceptors (Lipinski definition) is 10. The Kier molecular flexibility index (Phi) is 10.2. The zero-order chi connectivity index (χ0) is 33.7. The van der Waals surface area contributed by atoms with Crippen LogP contribution in [0, 0.1) is 18.3 Å². The predicted octanol–water partition coefficient (Wildman–Crippen LogP) is 5.45. The standard InChI is InChI=1S/C29H33F3N6O7S/c1-19-5-7-21(8-6-19)24-15-25(29(30,31)32)33-38(24)22-9-11-23(12-10-22)46(41,42)34-27(40)43-17-20-13-14-37(16-20)35-36-45-18-44-26(39)28(2,3)4/h5-12,15,20H,13-14,16-18H2,1-4H3,(H,34,40)/b36-35-. The number of nitrogens with one attached hydrogen (secondary N) is 1. The van der Waals surface area contributed by atoms with Gasteiger partial charge in [-0.3, -0.25) is 9.80 Å². The summed E-state index contributed by atoms with van der Waals surface area (Å²) in [4.78, 5) is 28.5. The number of esters is 1. The van der Waals surface area contributed by atoms with Crippen molar-refractivity contribution >= 4 is 22.1 Å². The number of alkyl halides is 3. The number of aryl methyl sites for hydroxylation is 1. The molecule has 1 fully saturated rings. The largest absolute Gasteiger partial charge is 0.448 e. The molecule has 0 spiro atoms. The van der Waals surface area contributed by atoms with Gasteiger partial charge >= 0.3 is 18.2 Å². The van der Waals surface area contributed by atoms with Gasteiger partial charge in [0, 0.05) is 29.8 Å². The van der Waals surface area contributed by atoms with Crippen LogP contribution in [0.1, 0.15) is 38.4 Å². The molecule has 46 heavy (non-hydrogen) atoms. The van der Waals surface area contributed by atoms with Gasteiger partial charge in [0.05, 0.1) is 28.3 Å². The molecule has 1 saturated heterocycles. The average Bonchev–Trinajstić information content (AvgIpc) is 3.63. The van der Waals surface area contributed by atoms with Crippen molar-refractivity contribution < 1.29 is 45.5 Å². The molecule has 1 unspecified atom stereocenters. The highest BCUT2D eigenvalue weighted by atomic mass is 32.2. The normalized spacial score (nSPS) is 15.6. The molecule has 1 N–H and O–H groups in total. The molecule has 0 radical (unpaired) electrons. The summed E-state index contributed by atoms with van der Waals surface area (Å²) in [5.41, 5.74) is -0.0558. The first kappa shape index (κ1) is 34.2. The Morgan fingerprint density at radius 3 is 2.35 bits per heavy atom. The van der Waals surface area contributed by atoms with Crippen LogP contribution >= 0.6 is 0 Å². The molecule has 248 valence electrons. The van der Waals surface area contributed by atoms with Gasteiger partial charge in [0.15, 0.2) is 5.69 Å². The lowest BCUT2D eigenvalue weighted by atomic mass is 9.98. The van der Waals surface area contributed by atoms with Crippen molar-refractivity contribution in [3.63, 3.8) is 0 Å². The molecule has 0 aliphatic carbocycles. The SMILES string of the molecule is Cc1ccc(-c2cc(C(F)(F)F)nn2-c2ccc(S(=O)(=O)NC(=O)OCC3CCN(/N=N\OCOC(=O)C(C)(C)C)C3)cc2)cc1. The van der Waals surface area contributed by atoms with Gasteiger partial charge in [0.2, 0.25) is 0 Å². The number of carbonyl (C=O) groups excluding carboxylic acids is 2. The Bertz CT molecular complexity index is 1670. The molecule has 1 amide bonds. The van der Waals surface area contributed by atoms with E-state index in [0.717, 1.165) is 28.4 Å². The lowest BCUT2D eigenvalue weighted by molar-refractivity contribution is -0.167. The highest BCUT2D eigenvalue weighted by Crippen LogP contribution is 2.33. The van der Waals surface area contributed by atoms with Crippen LogP contribution in [-0.4, -0.2) is 61.8 Å². The molecule has 1 atom stereocenters. The van der Waals surface area contributed by atoms with Crippen molar-refractivity contribution in [2.75, 3.05) is 26.5 Å². The quantitative estimate of drug-likeness (QED) is 0.0979. The Hall–Kier alpha value is -4.67. The number of aromatic nitrogens is 2. The van der Waals surface area contributed by atoms with Crippen molar-refractivity contribution in [1.29, 1.82) is 0 Å². The lowest BCUT2D eigenvalue weighted by Gasteiger charge is -2.15. The number of carbonyl (C=O) groups is 2. The number of amides is 1. The second kappa shape index (κ2) is 13.8. The summed E-state index contributed by atoms with van der Waals surface area (Å²) in [6.45, 7) is 7.27. The van der Waals surface area contributed by atoms with Gasteiger partial charge in [-0.1, -0.05) is 29.8 Å². The molecule has 13 nitrogen and oxygen atoms in total. The summed E-state index contributed by atoms with van der Waals surface area (Å²) in [5.74, 6) is -0.619. The molecule has 0 saturated carbocycles. The van der Waals surface area contributed by atoms with Crippen molar-refractivity contribution in [3.8, 4) is 16.9 Å². The van der Waals surface area contributed by atoms with Crippen molar-refractivity contribution in [3.05, 3.63) is 65.9 Å². The molecule has 3 aromatic rings. The maximum Gasteiger partial charge on any atom is 0.435 e. The number of benzene rings is 2. The third kappa shape index (κ3) is 8.95. The fourth-order valence-electron chi connectivity index (χ4n) is 4.23. The Labute approximate surface area is 263 Å². The van der Waals surface area contributed by atoms with Crippen molar-refractivity contribution in [1.82, 2.24) is 19.5 Å². The summed E-state index contributed by atoms with van der Waals surface area (Å²) in [5, 5.41) is 12.6. The van der Waals surface area contributed by atoms with E-state index >= 15 is 0 Å². The minimum absolute atomic E-state index is 0.0982. The fourth-order valence-corrected chi connectivity index (χ4v) is 5.12. The van der Waals surface area contributed by atoms with Crippen molar-refractivity contribution in [2.45, 2.75) is 45.2 Å². The number of halogens is 3. The topological polar surface area (TPSA) is 154 Å². The van der Waals surface area contributed by atoms with Gasteiger partial charge in [0.1, 0.15) is 0 Å². The minimum atomic E-state index is -4.70. The van der Waals surface area contributed by atoms with Crippen LogP contribution in [-0.2, 0) is 35.3 Å². The zero-order valence-corrected chi connectivity index (χ0v) is 26.3. The number of ether oxygens (including phenoxy) is 2. The first-order valence-electron chi connectivity index (χ1n) is 14.0. The van der Waals surface area contributed by atoms with Gasteiger partial charge in [-0.2, -0.15) is 18.3 Å². The molecule has 17 heteroatoms. The maximum absolute atomic E-state index is 13.5. The fraction of sp³-hybridized carbons (Fsp3) is 0.414. The number of sulfonamides is 1. The van der Waals surface area contributed by atoms with E-state index in [1.165, 1.54) is 12.1 Å². The Balaban J connectivity index is 1.31. The molecule has 4 rings (SSSR count). The molecule has 2 heterocycles. The number of hydrogen-bond donors (Lipinski definition) is 1. The first-order chi connectivity index (χ1) is 21.5. The molecular weight excluding hydrogens is 633 g/mol. The van der Waals surface area contributed by atoms with Crippen LogP contribution in [0.25, 0.3) is 16.9 Å². The molecule has 1 aromatic heterocycles. The average molecular weight is 667 g/mol. The summed E-state index contributed by atoms with van der Waals surface area (Å²) in [7, 11) is -4.36. The Morgan fingerprint density at radius 2 is 1.72 bits per heavy atom. The van der Waals surface area contributed by atoms with E-state index in [1.54, 1.807) is 50.0 Å². The molecule has 0 bridgehead atoms. The van der Waals surface area contributed by atoms with Crippen LogP contribution in [0.2, 0.25) is 0 Å². The predicted molar refractivity (Wildman–Crippen MR) is 156 cm³/mol. The van der Waals surface area contributed by atoms with Crippen LogP contribution in [0.5, 0.6) is 0 Å². The third-order valence-corrected chi connectivity index (χ3v) is 8.07. The molecule has 2 aromatic carbocycles. The summed E-state index contributed by atoms with van der Waals surface area (Å²) < 4.78 is 79.0.